The molecule has 0 aliphatic heterocycles. The van der Waals surface area contributed by atoms with Crippen molar-refractivity contribution in [1.82, 2.24) is 0 Å². The van der Waals surface area contributed by atoms with Crippen molar-refractivity contribution in [3.63, 3.8) is 0 Å². The predicted octanol–water partition coefficient (Wildman–Crippen LogP) is 12.3. The number of azo groups is 2. The van der Waals surface area contributed by atoms with Crippen LogP contribution in [-0.4, -0.2) is 93.8 Å². The first kappa shape index (κ1) is 59.5. The van der Waals surface area contributed by atoms with E-state index >= 15 is 0 Å². The van der Waals surface area contributed by atoms with Crippen LogP contribution in [0.5, 0.6) is 23.0 Å². The van der Waals surface area contributed by atoms with Gasteiger partial charge in [0, 0.05) is 20.8 Å². The van der Waals surface area contributed by atoms with Crippen LogP contribution in [0.4, 0.5) is 34.1 Å². The third kappa shape index (κ3) is 13.7. The molecule has 1 amide bonds. The van der Waals surface area contributed by atoms with E-state index in [0.717, 1.165) is 0 Å². The Hall–Kier alpha value is -6.72. The molecule has 0 radical (unpaired) electrons. The number of aliphatic imine (C=N–C) groups is 1. The van der Waals surface area contributed by atoms with Crippen LogP contribution in [0.15, 0.2) is 169 Å². The van der Waals surface area contributed by atoms with Crippen molar-refractivity contribution < 1.29 is 55.5 Å². The van der Waals surface area contributed by atoms with Crippen molar-refractivity contribution in [2.24, 2.45) is 25.4 Å². The second kappa shape index (κ2) is 26.1. The van der Waals surface area contributed by atoms with E-state index in [-0.39, 0.29) is 111 Å². The summed E-state index contributed by atoms with van der Waals surface area (Å²) in [5.74, 6) is -1.76. The van der Waals surface area contributed by atoms with Crippen molar-refractivity contribution in [3.05, 3.63) is 166 Å². The average Bonchev–Trinajstić information content (AvgIpc) is 3.40. The van der Waals surface area contributed by atoms with Gasteiger partial charge in [0.25, 0.3) is 26.1 Å². The van der Waals surface area contributed by atoms with Gasteiger partial charge in [-0.05, 0) is 121 Å². The molecule has 0 saturated carbocycles. The van der Waals surface area contributed by atoms with Gasteiger partial charge in [-0.2, -0.15) is 21.9 Å². The Labute approximate surface area is 483 Å². The molecule has 77 heavy (non-hydrogen) atoms. The number of nitrogens with zero attached hydrogens (tertiary/aromatic N) is 5. The van der Waals surface area contributed by atoms with Crippen LogP contribution in [-0.2, 0) is 33.1 Å². The molecule has 0 atom stereocenters. The van der Waals surface area contributed by atoms with Crippen LogP contribution < -0.4 is 25.0 Å². The molecule has 0 aliphatic rings. The molecule has 8 aromatic carbocycles. The van der Waals surface area contributed by atoms with Crippen molar-refractivity contribution in [2.75, 3.05) is 18.5 Å². The number of carbonyl (C=O) groups excluding carboxylic acids is 1. The summed E-state index contributed by atoms with van der Waals surface area (Å²) in [5.41, 5.74) is 0.0851. The molecular weight excluding hydrogens is 1100 g/mol. The molecule has 8 aromatic rings. The number of aromatic hydroxyl groups is 1. The molecule has 8 rings (SSSR count). The Balaban J connectivity index is 0.000000246. The van der Waals surface area contributed by atoms with Crippen LogP contribution in [0.25, 0.3) is 21.5 Å². The molecule has 392 valence electrons. The minimum absolute atomic E-state index is 0. The van der Waals surface area contributed by atoms with Crippen LogP contribution in [0.1, 0.15) is 54.7 Å². The topological polar surface area (TPSA) is 284 Å². The molecule has 0 aliphatic carbocycles. The van der Waals surface area contributed by atoms with Gasteiger partial charge >= 0.3 is 37.7 Å². The van der Waals surface area contributed by atoms with Gasteiger partial charge in [0.05, 0.1) is 30.2 Å². The Morgan fingerprint density at radius 2 is 1.05 bits per heavy atom. The number of rotatable bonds is 16. The molecule has 0 bridgehead atoms. The molecule has 0 heterocycles. The van der Waals surface area contributed by atoms with Crippen molar-refractivity contribution >= 4 is 149 Å². The zero-order valence-corrected chi connectivity index (χ0v) is 46.9. The molecule has 4 N–H and O–H groups in total. The number of phenolic OH excluding ortho intramolecular Hbond substituents is 1. The number of para-hydroxylation sites is 4. The van der Waals surface area contributed by atoms with Gasteiger partial charge in [-0.3, -0.25) is 18.9 Å². The first-order valence-corrected chi connectivity index (χ1v) is 26.8. The normalized spacial score (nSPS) is 11.9. The number of hydrogen-bond donors (Lipinski definition) is 4. The van der Waals surface area contributed by atoms with Crippen LogP contribution in [0, 0.1) is 0 Å². The summed E-state index contributed by atoms with van der Waals surface area (Å²) in [6.07, 6.45) is 0.409. The maximum Gasteiger partial charge on any atom is 2.00 e. The number of halogens is 2. The molecule has 0 aromatic heterocycles. The average molecular weight is 1150 g/mol. The maximum absolute atomic E-state index is 13.5. The Morgan fingerprint density at radius 1 is 0.597 bits per heavy atom. The van der Waals surface area contributed by atoms with Crippen LogP contribution in [0.2, 0.25) is 10.0 Å². The summed E-state index contributed by atoms with van der Waals surface area (Å²) in [6, 6.07) is 35.6. The molecule has 0 spiro atoms. The zero-order valence-electron chi connectivity index (χ0n) is 41.6. The van der Waals surface area contributed by atoms with E-state index in [1.165, 1.54) is 36.4 Å². The Morgan fingerprint density at radius 3 is 1.58 bits per heavy atom. The van der Waals surface area contributed by atoms with Crippen molar-refractivity contribution in [2.45, 2.75) is 50.3 Å². The Kier molecular flexibility index (Phi) is 20.2. The number of phenols is 1. The summed E-state index contributed by atoms with van der Waals surface area (Å²) in [7, 11) is -9.42. The van der Waals surface area contributed by atoms with Crippen molar-refractivity contribution in [3.8, 4) is 23.0 Å². The summed E-state index contributed by atoms with van der Waals surface area (Å²) in [5, 5.41) is 59.0. The second-order valence-electron chi connectivity index (χ2n) is 16.2. The van der Waals surface area contributed by atoms with Gasteiger partial charge < -0.3 is 30.1 Å². The third-order valence-corrected chi connectivity index (χ3v) is 14.0. The largest absolute Gasteiger partial charge is 2.00 e. The second-order valence-corrected chi connectivity index (χ2v) is 19.7. The number of carbonyl (C=O) groups is 1. The summed E-state index contributed by atoms with van der Waals surface area (Å²) in [4.78, 5) is 16.4. The number of amides is 1. The predicted molar refractivity (Wildman–Crippen MR) is 294 cm³/mol. The van der Waals surface area contributed by atoms with Gasteiger partial charge in [-0.25, -0.2) is 0 Å². The van der Waals surface area contributed by atoms with Gasteiger partial charge in [0.2, 0.25) is 0 Å². The minimum atomic E-state index is -4.72. The van der Waals surface area contributed by atoms with Gasteiger partial charge in [-0.15, -0.1) is 15.3 Å². The van der Waals surface area contributed by atoms with Gasteiger partial charge in [-0.1, -0.05) is 116 Å². The van der Waals surface area contributed by atoms with E-state index in [4.69, 9.17) is 32.7 Å². The number of benzene rings is 8. The van der Waals surface area contributed by atoms with E-state index in [1.54, 1.807) is 118 Å². The summed E-state index contributed by atoms with van der Waals surface area (Å²) in [6.45, 7) is 7.73. The number of anilines is 1. The van der Waals surface area contributed by atoms with E-state index in [9.17, 15) is 46.1 Å². The number of ether oxygens (including phenoxy) is 2. The van der Waals surface area contributed by atoms with E-state index in [2.05, 4.69) is 30.8 Å². The zero-order chi connectivity index (χ0) is 54.9. The molecule has 18 nitrogen and oxygen atoms in total. The van der Waals surface area contributed by atoms with Crippen molar-refractivity contribution in [1.29, 1.82) is 0 Å². The standard InChI is InChI=1S/2C27H24ClN3O6S.Ca/c2*1-3-17-20(28)13-14-22(26(17)38(34,35)36)30-31-24-18-10-6-5-9-16(18)15-19(25(24)32)27(33)29-21-11-7-8-12-23(21)37-4-2;/h2*5-15,32H,3-4H2,1-2H3,(H,29,33)(H,34,35,36);/q;;+2/p-2. The fourth-order valence-electron chi connectivity index (χ4n) is 7.98. The van der Waals surface area contributed by atoms with E-state index in [0.29, 0.717) is 51.9 Å². The Bertz CT molecular complexity index is 3860. The first-order chi connectivity index (χ1) is 36.3. The SMILES string of the molecule is CCOc1ccccc1N=C([O-])c1cc2ccccc2c(N=Nc2ccc(Cl)c(CC)c2S(=O)(=O)O)c1[O-].CCOc1ccccc1NC(=O)c1cc2ccccc2c(N=Nc2ccc(Cl)c(CC)c2S(=O)(=O)O)c1O.[Ca+2]. The number of fused-ring (bicyclic) bond motifs is 2. The number of hydrogen-bond acceptors (Lipinski definition) is 15. The molecule has 0 saturated heterocycles. The van der Waals surface area contributed by atoms with E-state index in [1.807, 2.05) is 6.92 Å². The van der Waals surface area contributed by atoms with Crippen LogP contribution in [0.3, 0.4) is 0 Å². The molecule has 23 heteroatoms. The molecule has 0 unspecified atom stereocenters. The molecular formula is C54H46CaCl2N6O12S2. The van der Waals surface area contributed by atoms with Gasteiger partial charge in [0.15, 0.2) is 5.75 Å². The quantitative estimate of drug-likeness (QED) is 0.0231. The number of nitrogens with one attached hydrogen (secondary N) is 1. The molecule has 0 fully saturated rings. The van der Waals surface area contributed by atoms with E-state index < -0.39 is 53.3 Å². The minimum Gasteiger partial charge on any atom is -0.871 e. The van der Waals surface area contributed by atoms with Crippen LogP contribution >= 0.6 is 23.2 Å². The smallest absolute Gasteiger partial charge is 0.871 e. The maximum atomic E-state index is 13.5. The summed E-state index contributed by atoms with van der Waals surface area (Å²) >= 11 is 12.3. The monoisotopic (exact) mass is 1140 g/mol. The summed E-state index contributed by atoms with van der Waals surface area (Å²) < 4.78 is 79.3. The first-order valence-electron chi connectivity index (χ1n) is 23.2. The fourth-order valence-corrected chi connectivity index (χ4v) is 10.6. The third-order valence-electron chi connectivity index (χ3n) is 11.4. The fraction of sp³-hybridized carbons (Fsp3) is 0.148. The van der Waals surface area contributed by atoms with Gasteiger partial charge in [0.1, 0.15) is 44.0 Å².